The average molecular weight is 371 g/mol. The number of nitrogens with one attached hydrogen (secondary N) is 1. The zero-order valence-corrected chi connectivity index (χ0v) is 15.7. The van der Waals surface area contributed by atoms with Crippen LogP contribution in [-0.4, -0.2) is 42.8 Å². The summed E-state index contributed by atoms with van der Waals surface area (Å²) in [5.41, 5.74) is 0.844. The minimum Gasteiger partial charge on any atom is -0.444 e. The predicted octanol–water partition coefficient (Wildman–Crippen LogP) is 3.84. The maximum absolute atomic E-state index is 11.8. The summed E-state index contributed by atoms with van der Waals surface area (Å²) in [6.07, 6.45) is 0.679. The first-order valence-electron chi connectivity index (χ1n) is 7.59. The Kier molecular flexibility index (Phi) is 7.36. The van der Waals surface area contributed by atoms with E-state index in [-0.39, 0.29) is 6.09 Å². The molecular weight excluding hydrogens is 344 g/mol. The fourth-order valence-electron chi connectivity index (χ4n) is 1.96. The minimum atomic E-state index is -0.451. The first-order chi connectivity index (χ1) is 10.2. The minimum absolute atomic E-state index is 0.283. The molecule has 1 rings (SSSR count). The van der Waals surface area contributed by atoms with Crippen LogP contribution in [0, 0.1) is 0 Å². The number of carbonyl (C=O) groups is 1. The van der Waals surface area contributed by atoms with Crippen molar-refractivity contribution in [3.8, 4) is 0 Å². The average Bonchev–Trinajstić information content (AvgIpc) is 2.39. The van der Waals surface area contributed by atoms with Gasteiger partial charge in [0.2, 0.25) is 0 Å². The molecule has 0 saturated heterocycles. The number of hydrogen-bond donors (Lipinski definition) is 1. The SMILES string of the molecule is CC(Cc1ccc(Br)cc1)NCCN(C)C(=O)OC(C)(C)C. The topological polar surface area (TPSA) is 41.6 Å². The highest BCUT2D eigenvalue weighted by molar-refractivity contribution is 9.10. The molecule has 1 N–H and O–H groups in total. The molecule has 0 bridgehead atoms. The van der Waals surface area contributed by atoms with Crippen LogP contribution < -0.4 is 5.32 Å². The molecule has 5 heteroatoms. The van der Waals surface area contributed by atoms with Crippen molar-refractivity contribution in [2.75, 3.05) is 20.1 Å². The monoisotopic (exact) mass is 370 g/mol. The van der Waals surface area contributed by atoms with Crippen LogP contribution in [0.15, 0.2) is 28.7 Å². The summed E-state index contributed by atoms with van der Waals surface area (Å²) in [5.74, 6) is 0. The van der Waals surface area contributed by atoms with Crippen LogP contribution in [0.4, 0.5) is 4.79 Å². The van der Waals surface area contributed by atoms with E-state index in [2.05, 4.69) is 52.4 Å². The third-order valence-corrected chi connectivity index (χ3v) is 3.63. The van der Waals surface area contributed by atoms with Gasteiger partial charge in [-0.15, -0.1) is 0 Å². The van der Waals surface area contributed by atoms with Crippen molar-refractivity contribution in [3.05, 3.63) is 34.3 Å². The van der Waals surface area contributed by atoms with Gasteiger partial charge >= 0.3 is 6.09 Å². The Hall–Kier alpha value is -1.07. The van der Waals surface area contributed by atoms with Crippen LogP contribution in [0.5, 0.6) is 0 Å². The molecule has 0 aliphatic heterocycles. The molecule has 1 atom stereocenters. The lowest BCUT2D eigenvalue weighted by Crippen LogP contribution is -2.40. The van der Waals surface area contributed by atoms with Gasteiger partial charge in [0.05, 0.1) is 0 Å². The number of ether oxygens (including phenoxy) is 1. The lowest BCUT2D eigenvalue weighted by Gasteiger charge is -2.25. The molecule has 124 valence electrons. The Morgan fingerprint density at radius 1 is 1.32 bits per heavy atom. The van der Waals surface area contributed by atoms with E-state index < -0.39 is 5.60 Å². The highest BCUT2D eigenvalue weighted by Crippen LogP contribution is 2.12. The van der Waals surface area contributed by atoms with Gasteiger partial charge in [-0.3, -0.25) is 0 Å². The van der Waals surface area contributed by atoms with E-state index in [0.717, 1.165) is 17.4 Å². The largest absolute Gasteiger partial charge is 0.444 e. The van der Waals surface area contributed by atoms with Gasteiger partial charge in [0.15, 0.2) is 0 Å². The van der Waals surface area contributed by atoms with E-state index in [1.165, 1.54) is 5.56 Å². The molecule has 0 radical (unpaired) electrons. The van der Waals surface area contributed by atoms with Crippen molar-refractivity contribution < 1.29 is 9.53 Å². The maximum Gasteiger partial charge on any atom is 0.410 e. The molecule has 4 nitrogen and oxygen atoms in total. The summed E-state index contributed by atoms with van der Waals surface area (Å²) in [6.45, 7) is 9.13. The molecule has 1 aromatic carbocycles. The molecule has 1 unspecified atom stereocenters. The van der Waals surface area contributed by atoms with Gasteiger partial charge in [0.1, 0.15) is 5.60 Å². The molecular formula is C17H27BrN2O2. The predicted molar refractivity (Wildman–Crippen MR) is 94.2 cm³/mol. The van der Waals surface area contributed by atoms with E-state index in [4.69, 9.17) is 4.74 Å². The molecule has 0 aromatic heterocycles. The molecule has 0 saturated carbocycles. The Morgan fingerprint density at radius 3 is 2.45 bits per heavy atom. The third-order valence-electron chi connectivity index (χ3n) is 3.10. The molecule has 1 aromatic rings. The number of nitrogens with zero attached hydrogens (tertiary/aromatic N) is 1. The number of likely N-dealkylation sites (N-methyl/N-ethyl adjacent to an activating group) is 1. The highest BCUT2D eigenvalue weighted by atomic mass is 79.9. The zero-order chi connectivity index (χ0) is 16.8. The number of amides is 1. The third kappa shape index (κ3) is 7.80. The van der Waals surface area contributed by atoms with Crippen molar-refractivity contribution in [2.24, 2.45) is 0 Å². The zero-order valence-electron chi connectivity index (χ0n) is 14.1. The second kappa shape index (κ2) is 8.53. The van der Waals surface area contributed by atoms with Crippen molar-refractivity contribution in [3.63, 3.8) is 0 Å². The second-order valence-corrected chi connectivity index (χ2v) is 7.50. The van der Waals surface area contributed by atoms with Crippen LogP contribution in [0.2, 0.25) is 0 Å². The second-order valence-electron chi connectivity index (χ2n) is 6.59. The molecule has 22 heavy (non-hydrogen) atoms. The van der Waals surface area contributed by atoms with Crippen LogP contribution in [0.25, 0.3) is 0 Å². The lowest BCUT2D eigenvalue weighted by molar-refractivity contribution is 0.0299. The Balaban J connectivity index is 2.28. The quantitative estimate of drug-likeness (QED) is 0.826. The number of rotatable bonds is 6. The normalized spacial score (nSPS) is 12.8. The van der Waals surface area contributed by atoms with Crippen molar-refractivity contribution in [2.45, 2.75) is 45.8 Å². The maximum atomic E-state index is 11.8. The molecule has 0 heterocycles. The van der Waals surface area contributed by atoms with Crippen molar-refractivity contribution in [1.82, 2.24) is 10.2 Å². The summed E-state index contributed by atoms with van der Waals surface area (Å²) >= 11 is 3.44. The fraction of sp³-hybridized carbons (Fsp3) is 0.588. The fourth-order valence-corrected chi connectivity index (χ4v) is 2.22. The Labute approximate surface area is 142 Å². The van der Waals surface area contributed by atoms with Crippen LogP contribution in [0.1, 0.15) is 33.3 Å². The van der Waals surface area contributed by atoms with E-state index in [1.54, 1.807) is 11.9 Å². The first kappa shape index (κ1) is 19.0. The summed E-state index contributed by atoms with van der Waals surface area (Å²) in [6, 6.07) is 8.70. The summed E-state index contributed by atoms with van der Waals surface area (Å²) < 4.78 is 6.41. The van der Waals surface area contributed by atoms with Gasteiger partial charge in [-0.25, -0.2) is 4.79 Å². The van der Waals surface area contributed by atoms with Gasteiger partial charge in [-0.2, -0.15) is 0 Å². The molecule has 0 aliphatic carbocycles. The van der Waals surface area contributed by atoms with Gasteiger partial charge in [-0.1, -0.05) is 28.1 Å². The van der Waals surface area contributed by atoms with Crippen LogP contribution in [0.3, 0.4) is 0 Å². The van der Waals surface area contributed by atoms with Crippen LogP contribution >= 0.6 is 15.9 Å². The number of halogens is 1. The Bertz CT molecular complexity index is 469. The standard InChI is InChI=1S/C17H27BrN2O2/c1-13(12-14-6-8-15(18)9-7-14)19-10-11-20(5)16(21)22-17(2,3)4/h6-9,13,19H,10-12H2,1-5H3. The van der Waals surface area contributed by atoms with E-state index >= 15 is 0 Å². The van der Waals surface area contributed by atoms with E-state index in [0.29, 0.717) is 12.6 Å². The van der Waals surface area contributed by atoms with Gasteiger partial charge < -0.3 is 15.0 Å². The number of carbonyl (C=O) groups excluding carboxylic acids is 1. The summed E-state index contributed by atoms with van der Waals surface area (Å²) in [4.78, 5) is 13.4. The van der Waals surface area contributed by atoms with E-state index in [9.17, 15) is 4.79 Å². The summed E-state index contributed by atoms with van der Waals surface area (Å²) in [7, 11) is 1.76. The summed E-state index contributed by atoms with van der Waals surface area (Å²) in [5, 5.41) is 3.43. The van der Waals surface area contributed by atoms with Crippen molar-refractivity contribution in [1.29, 1.82) is 0 Å². The number of hydrogen-bond acceptors (Lipinski definition) is 3. The van der Waals surface area contributed by atoms with Gasteiger partial charge in [0.25, 0.3) is 0 Å². The van der Waals surface area contributed by atoms with Crippen LogP contribution in [-0.2, 0) is 11.2 Å². The van der Waals surface area contributed by atoms with Gasteiger partial charge in [-0.05, 0) is 51.8 Å². The first-order valence-corrected chi connectivity index (χ1v) is 8.38. The molecule has 0 aliphatic rings. The smallest absolute Gasteiger partial charge is 0.410 e. The number of benzene rings is 1. The highest BCUT2D eigenvalue weighted by Gasteiger charge is 2.19. The van der Waals surface area contributed by atoms with Crippen molar-refractivity contribution >= 4 is 22.0 Å². The lowest BCUT2D eigenvalue weighted by atomic mass is 10.1. The van der Waals surface area contributed by atoms with Gasteiger partial charge in [0, 0.05) is 30.7 Å². The molecule has 1 amide bonds. The molecule has 0 fully saturated rings. The Morgan fingerprint density at radius 2 is 1.91 bits per heavy atom. The molecule has 0 spiro atoms. The van der Waals surface area contributed by atoms with E-state index in [1.807, 2.05) is 20.8 Å².